The fourth-order valence-electron chi connectivity index (χ4n) is 2.20. The van der Waals surface area contributed by atoms with E-state index < -0.39 is 24.2 Å². The summed E-state index contributed by atoms with van der Waals surface area (Å²) in [5, 5.41) is 2.57. The molecule has 25 heavy (non-hydrogen) atoms. The Bertz CT molecular complexity index is 583. The van der Waals surface area contributed by atoms with Crippen LogP contribution >= 0.6 is 0 Å². The number of amides is 1. The smallest absolute Gasteiger partial charge is 0.407 e. The summed E-state index contributed by atoms with van der Waals surface area (Å²) < 4.78 is 10.4. The van der Waals surface area contributed by atoms with Crippen LogP contribution < -0.4 is 5.32 Å². The number of hydrogen-bond acceptors (Lipinski definition) is 4. The van der Waals surface area contributed by atoms with Crippen LogP contribution in [0.3, 0.4) is 0 Å². The number of rotatable bonds is 10. The molecule has 1 aromatic rings. The molecule has 0 aliphatic heterocycles. The molecule has 0 aliphatic rings. The maximum absolute atomic E-state index is 12.5. The molecule has 136 valence electrons. The predicted molar refractivity (Wildman–Crippen MR) is 98.2 cm³/mol. The number of carbonyl (C=O) groups excluding carboxylic acids is 2. The minimum Gasteiger partial charge on any atom is -0.457 e. The van der Waals surface area contributed by atoms with Gasteiger partial charge in [-0.2, -0.15) is 0 Å². The zero-order valence-electron chi connectivity index (χ0n) is 15.0. The summed E-state index contributed by atoms with van der Waals surface area (Å²) in [6.45, 7) is 11.4. The summed E-state index contributed by atoms with van der Waals surface area (Å²) in [6, 6.07) is 8.59. The number of hydrogen-bond donors (Lipinski definition) is 1. The maximum Gasteiger partial charge on any atom is 0.407 e. The van der Waals surface area contributed by atoms with Gasteiger partial charge in [-0.3, -0.25) is 0 Å². The first-order valence-electron chi connectivity index (χ1n) is 8.40. The quantitative estimate of drug-likeness (QED) is 0.517. The van der Waals surface area contributed by atoms with Gasteiger partial charge in [0, 0.05) is 6.42 Å². The summed E-state index contributed by atoms with van der Waals surface area (Å²) in [5.41, 5.74) is 1.92. The summed E-state index contributed by atoms with van der Waals surface area (Å²) in [6.07, 6.45) is 2.19. The monoisotopic (exact) mass is 345 g/mol. The highest BCUT2D eigenvalue weighted by Crippen LogP contribution is 2.12. The molecule has 0 saturated heterocycles. The van der Waals surface area contributed by atoms with E-state index in [1.54, 1.807) is 13.0 Å². The van der Waals surface area contributed by atoms with Crippen molar-refractivity contribution in [2.24, 2.45) is 0 Å². The normalized spacial score (nSPS) is 12.6. The van der Waals surface area contributed by atoms with E-state index in [1.807, 2.05) is 37.3 Å². The van der Waals surface area contributed by atoms with Crippen LogP contribution in [0.2, 0.25) is 0 Å². The van der Waals surface area contributed by atoms with Gasteiger partial charge in [-0.05, 0) is 32.3 Å². The van der Waals surface area contributed by atoms with Crippen LogP contribution in [-0.4, -0.2) is 30.8 Å². The topological polar surface area (TPSA) is 64.6 Å². The van der Waals surface area contributed by atoms with Gasteiger partial charge in [0.15, 0.2) is 0 Å². The SMILES string of the molecule is C=C[C@@H](CCC(=C)C)OC(=O)[C@H](Cc1ccccc1)NC(=O)OCC. The van der Waals surface area contributed by atoms with Crippen LogP contribution in [-0.2, 0) is 20.7 Å². The Morgan fingerprint density at radius 3 is 2.52 bits per heavy atom. The predicted octanol–water partition coefficient (Wildman–Crippen LogP) is 3.80. The third-order valence-corrected chi connectivity index (χ3v) is 3.52. The van der Waals surface area contributed by atoms with Crippen LogP contribution in [0.1, 0.15) is 32.3 Å². The van der Waals surface area contributed by atoms with E-state index in [1.165, 1.54) is 0 Å². The molecule has 1 N–H and O–H groups in total. The summed E-state index contributed by atoms with van der Waals surface area (Å²) in [7, 11) is 0. The Kier molecular flexibility index (Phi) is 9.07. The van der Waals surface area contributed by atoms with Crippen molar-refractivity contribution in [3.05, 3.63) is 60.7 Å². The first-order valence-corrected chi connectivity index (χ1v) is 8.40. The highest BCUT2D eigenvalue weighted by Gasteiger charge is 2.25. The van der Waals surface area contributed by atoms with Gasteiger partial charge in [-0.15, -0.1) is 6.58 Å². The van der Waals surface area contributed by atoms with Crippen molar-refractivity contribution in [2.75, 3.05) is 6.61 Å². The van der Waals surface area contributed by atoms with E-state index in [4.69, 9.17) is 9.47 Å². The zero-order valence-corrected chi connectivity index (χ0v) is 15.0. The molecule has 0 fully saturated rings. The molecule has 1 amide bonds. The fraction of sp³-hybridized carbons (Fsp3) is 0.400. The number of benzene rings is 1. The number of nitrogens with one attached hydrogen (secondary N) is 1. The average molecular weight is 345 g/mol. The van der Waals surface area contributed by atoms with Crippen LogP contribution in [0.4, 0.5) is 4.79 Å². The van der Waals surface area contributed by atoms with Crippen molar-refractivity contribution in [3.8, 4) is 0 Å². The molecular weight excluding hydrogens is 318 g/mol. The minimum atomic E-state index is -0.825. The van der Waals surface area contributed by atoms with Gasteiger partial charge >= 0.3 is 12.1 Å². The molecule has 0 unspecified atom stereocenters. The third-order valence-electron chi connectivity index (χ3n) is 3.52. The highest BCUT2D eigenvalue weighted by molar-refractivity contribution is 5.81. The van der Waals surface area contributed by atoms with Crippen LogP contribution in [0.5, 0.6) is 0 Å². The summed E-state index contributed by atoms with van der Waals surface area (Å²) in [4.78, 5) is 24.3. The number of alkyl carbamates (subject to hydrolysis) is 1. The zero-order chi connectivity index (χ0) is 18.7. The van der Waals surface area contributed by atoms with E-state index in [2.05, 4.69) is 18.5 Å². The molecular formula is C20H27NO4. The largest absolute Gasteiger partial charge is 0.457 e. The number of ether oxygens (including phenoxy) is 2. The van der Waals surface area contributed by atoms with Crippen molar-refractivity contribution in [1.82, 2.24) is 5.32 Å². The standard InChI is InChI=1S/C20H27NO4/c1-5-17(13-12-15(3)4)25-19(22)18(21-20(23)24-6-2)14-16-10-8-7-9-11-16/h5,7-11,17-18H,1,3,6,12-14H2,2,4H3,(H,21,23)/t17-,18-/m0/s1. The van der Waals surface area contributed by atoms with Crippen molar-refractivity contribution >= 4 is 12.1 Å². The minimum absolute atomic E-state index is 0.229. The molecule has 0 saturated carbocycles. The van der Waals surface area contributed by atoms with Gasteiger partial charge in [-0.1, -0.05) is 48.6 Å². The van der Waals surface area contributed by atoms with Gasteiger partial charge in [-0.25, -0.2) is 9.59 Å². The Balaban J connectivity index is 2.77. The second kappa shape index (κ2) is 11.1. The Morgan fingerprint density at radius 2 is 1.96 bits per heavy atom. The first-order chi connectivity index (χ1) is 12.0. The molecule has 0 spiro atoms. The van der Waals surface area contributed by atoms with E-state index in [0.29, 0.717) is 12.8 Å². The van der Waals surface area contributed by atoms with Crippen molar-refractivity contribution < 1.29 is 19.1 Å². The lowest BCUT2D eigenvalue weighted by Gasteiger charge is -2.21. The fourth-order valence-corrected chi connectivity index (χ4v) is 2.20. The molecule has 0 aromatic heterocycles. The van der Waals surface area contributed by atoms with Crippen LogP contribution in [0.15, 0.2) is 55.1 Å². The molecule has 1 rings (SSSR count). The molecule has 0 heterocycles. The van der Waals surface area contributed by atoms with Gasteiger partial charge in [0.2, 0.25) is 0 Å². The molecule has 0 radical (unpaired) electrons. The highest BCUT2D eigenvalue weighted by atomic mass is 16.6. The molecule has 1 aromatic carbocycles. The Morgan fingerprint density at radius 1 is 1.28 bits per heavy atom. The van der Waals surface area contributed by atoms with E-state index in [0.717, 1.165) is 17.6 Å². The van der Waals surface area contributed by atoms with Crippen molar-refractivity contribution in [3.63, 3.8) is 0 Å². The molecule has 2 atom stereocenters. The lowest BCUT2D eigenvalue weighted by Crippen LogP contribution is -2.44. The summed E-state index contributed by atoms with van der Waals surface area (Å²) in [5.74, 6) is -0.511. The molecule has 5 nitrogen and oxygen atoms in total. The Labute approximate surface area is 149 Å². The van der Waals surface area contributed by atoms with E-state index in [-0.39, 0.29) is 6.61 Å². The lowest BCUT2D eigenvalue weighted by molar-refractivity contribution is -0.149. The second-order valence-corrected chi connectivity index (χ2v) is 5.81. The number of allylic oxidation sites excluding steroid dienone is 1. The maximum atomic E-state index is 12.5. The second-order valence-electron chi connectivity index (χ2n) is 5.81. The van der Waals surface area contributed by atoms with Crippen LogP contribution in [0.25, 0.3) is 0 Å². The summed E-state index contributed by atoms with van der Waals surface area (Å²) >= 11 is 0. The van der Waals surface area contributed by atoms with Crippen molar-refractivity contribution in [2.45, 2.75) is 45.3 Å². The number of carbonyl (C=O) groups is 2. The van der Waals surface area contributed by atoms with Crippen LogP contribution in [0, 0.1) is 0 Å². The first kappa shape index (κ1) is 20.5. The van der Waals surface area contributed by atoms with Gasteiger partial charge in [0.25, 0.3) is 0 Å². The van der Waals surface area contributed by atoms with Gasteiger partial charge < -0.3 is 14.8 Å². The van der Waals surface area contributed by atoms with E-state index >= 15 is 0 Å². The van der Waals surface area contributed by atoms with Gasteiger partial charge in [0.1, 0.15) is 12.1 Å². The molecule has 5 heteroatoms. The number of esters is 1. The average Bonchev–Trinajstić information content (AvgIpc) is 2.58. The lowest BCUT2D eigenvalue weighted by atomic mass is 10.1. The molecule has 0 bridgehead atoms. The Hall–Kier alpha value is -2.56. The van der Waals surface area contributed by atoms with E-state index in [9.17, 15) is 9.59 Å². The van der Waals surface area contributed by atoms with Crippen molar-refractivity contribution in [1.29, 1.82) is 0 Å². The van der Waals surface area contributed by atoms with Gasteiger partial charge in [0.05, 0.1) is 6.61 Å². The third kappa shape index (κ3) is 8.20. The molecule has 0 aliphatic carbocycles.